The Balaban J connectivity index is 0.00000127. The number of hydrogen-bond donors (Lipinski definition) is 1. The van der Waals surface area contributed by atoms with E-state index in [4.69, 9.17) is 19.9 Å². The van der Waals surface area contributed by atoms with Gasteiger partial charge in [-0.2, -0.15) is 0 Å². The number of rotatable bonds is 7. The van der Waals surface area contributed by atoms with Gasteiger partial charge in [-0.15, -0.1) is 0 Å². The van der Waals surface area contributed by atoms with Crippen LogP contribution in [0.1, 0.15) is 51.4 Å². The zero-order valence-corrected chi connectivity index (χ0v) is 14.2. The molecule has 1 aromatic carbocycles. The minimum absolute atomic E-state index is 0.192. The molecule has 0 saturated carbocycles. The monoisotopic (exact) mass is 323 g/mol. The smallest absolute Gasteiger partial charge is 0.306 e. The van der Waals surface area contributed by atoms with E-state index in [0.717, 1.165) is 24.8 Å². The van der Waals surface area contributed by atoms with Crippen molar-refractivity contribution in [1.82, 2.24) is 0 Å². The molecule has 1 heterocycles. The van der Waals surface area contributed by atoms with Gasteiger partial charge in [0.05, 0.1) is 13.2 Å². The lowest BCUT2D eigenvalue weighted by Gasteiger charge is -2.29. The van der Waals surface area contributed by atoms with Gasteiger partial charge in [0.15, 0.2) is 6.29 Å². The molecule has 1 saturated heterocycles. The fourth-order valence-electron chi connectivity index (χ4n) is 2.19. The molecule has 130 valence electrons. The van der Waals surface area contributed by atoms with Crippen LogP contribution in [0.5, 0.6) is 0 Å². The Morgan fingerprint density at radius 1 is 1.13 bits per heavy atom. The Labute approximate surface area is 139 Å². The van der Waals surface area contributed by atoms with Crippen molar-refractivity contribution in [3.05, 3.63) is 35.9 Å². The van der Waals surface area contributed by atoms with Gasteiger partial charge in [0.2, 0.25) is 0 Å². The normalized spacial score (nSPS) is 20.3. The second-order valence-electron chi connectivity index (χ2n) is 5.12. The maximum absolute atomic E-state index is 11.7. The molecular formula is C18H29NO4. The number of carbonyl (C=O) groups excluding carboxylic acids is 1. The van der Waals surface area contributed by atoms with Crippen LogP contribution in [0.4, 0.5) is 0 Å². The second kappa shape index (κ2) is 12.0. The van der Waals surface area contributed by atoms with Crippen LogP contribution in [0.25, 0.3) is 0 Å². The van der Waals surface area contributed by atoms with Gasteiger partial charge < -0.3 is 19.9 Å². The van der Waals surface area contributed by atoms with Crippen molar-refractivity contribution in [3.8, 4) is 0 Å². The van der Waals surface area contributed by atoms with Gasteiger partial charge in [0, 0.05) is 12.0 Å². The highest BCUT2D eigenvalue weighted by molar-refractivity contribution is 5.69. The Kier molecular flexibility index (Phi) is 10.3. The topological polar surface area (TPSA) is 70.8 Å². The molecule has 0 aliphatic carbocycles. The van der Waals surface area contributed by atoms with Gasteiger partial charge in [-0.1, -0.05) is 50.6 Å². The number of nitrogens with two attached hydrogens (primary N) is 1. The van der Waals surface area contributed by atoms with Crippen molar-refractivity contribution in [2.45, 2.75) is 51.9 Å². The minimum atomic E-state index is -0.370. The SMILES string of the molecule is CC.NCCCCCC(=O)OC1COC(c2ccccc2)OC1. The van der Waals surface area contributed by atoms with Crippen molar-refractivity contribution in [2.24, 2.45) is 5.73 Å². The zero-order valence-electron chi connectivity index (χ0n) is 14.2. The molecule has 2 rings (SSSR count). The molecule has 0 aromatic heterocycles. The van der Waals surface area contributed by atoms with E-state index in [9.17, 15) is 4.79 Å². The van der Waals surface area contributed by atoms with E-state index in [0.29, 0.717) is 26.2 Å². The largest absolute Gasteiger partial charge is 0.457 e. The summed E-state index contributed by atoms with van der Waals surface area (Å²) >= 11 is 0. The van der Waals surface area contributed by atoms with E-state index >= 15 is 0 Å². The summed E-state index contributed by atoms with van der Waals surface area (Å²) in [6.45, 7) is 5.41. The number of esters is 1. The van der Waals surface area contributed by atoms with Crippen LogP contribution >= 0.6 is 0 Å². The third-order valence-electron chi connectivity index (χ3n) is 3.32. The second-order valence-corrected chi connectivity index (χ2v) is 5.12. The lowest BCUT2D eigenvalue weighted by molar-refractivity contribution is -0.229. The molecule has 0 radical (unpaired) electrons. The first-order valence-electron chi connectivity index (χ1n) is 8.47. The Bertz CT molecular complexity index is 416. The van der Waals surface area contributed by atoms with Gasteiger partial charge in [0.1, 0.15) is 6.10 Å². The number of ether oxygens (including phenoxy) is 3. The first kappa shape index (κ1) is 19.6. The van der Waals surface area contributed by atoms with Crippen LogP contribution in [0.3, 0.4) is 0 Å². The molecule has 2 N–H and O–H groups in total. The van der Waals surface area contributed by atoms with Crippen LogP contribution in [0.2, 0.25) is 0 Å². The predicted octanol–water partition coefficient (Wildman–Crippen LogP) is 3.19. The summed E-state index contributed by atoms with van der Waals surface area (Å²) in [5, 5.41) is 0. The summed E-state index contributed by atoms with van der Waals surface area (Å²) in [5.41, 5.74) is 6.38. The Morgan fingerprint density at radius 3 is 2.39 bits per heavy atom. The average Bonchev–Trinajstić information content (AvgIpc) is 2.62. The summed E-state index contributed by atoms with van der Waals surface area (Å²) in [7, 11) is 0. The van der Waals surface area contributed by atoms with E-state index in [-0.39, 0.29) is 18.4 Å². The number of benzene rings is 1. The molecule has 1 aromatic rings. The van der Waals surface area contributed by atoms with Crippen molar-refractivity contribution in [1.29, 1.82) is 0 Å². The molecule has 0 spiro atoms. The molecule has 5 heteroatoms. The molecule has 1 fully saturated rings. The molecule has 0 amide bonds. The third-order valence-corrected chi connectivity index (χ3v) is 3.32. The van der Waals surface area contributed by atoms with Gasteiger partial charge in [0.25, 0.3) is 0 Å². The molecular weight excluding hydrogens is 294 g/mol. The standard InChI is InChI=1S/C16H23NO4.C2H6/c17-10-6-2-5-9-15(18)21-14-11-19-16(20-12-14)13-7-3-1-4-8-13;1-2/h1,3-4,7-8,14,16H,2,5-6,9-12,17H2;1-2H3. The summed E-state index contributed by atoms with van der Waals surface area (Å²) in [4.78, 5) is 11.7. The molecule has 0 bridgehead atoms. The predicted molar refractivity (Wildman–Crippen MR) is 89.8 cm³/mol. The summed E-state index contributed by atoms with van der Waals surface area (Å²) in [6, 6.07) is 9.73. The van der Waals surface area contributed by atoms with E-state index in [1.807, 2.05) is 44.2 Å². The Hall–Kier alpha value is -1.43. The number of unbranched alkanes of at least 4 members (excludes halogenated alkanes) is 2. The number of carbonyl (C=O) groups is 1. The minimum Gasteiger partial charge on any atom is -0.457 e. The lowest BCUT2D eigenvalue weighted by Crippen LogP contribution is -2.35. The van der Waals surface area contributed by atoms with Crippen molar-refractivity contribution < 1.29 is 19.0 Å². The number of hydrogen-bond acceptors (Lipinski definition) is 5. The van der Waals surface area contributed by atoms with E-state index in [2.05, 4.69) is 0 Å². The van der Waals surface area contributed by atoms with E-state index < -0.39 is 0 Å². The van der Waals surface area contributed by atoms with Crippen molar-refractivity contribution in [2.75, 3.05) is 19.8 Å². The lowest BCUT2D eigenvalue weighted by atomic mass is 10.2. The van der Waals surface area contributed by atoms with Gasteiger partial charge in [-0.25, -0.2) is 0 Å². The van der Waals surface area contributed by atoms with E-state index in [1.165, 1.54) is 0 Å². The highest BCUT2D eigenvalue weighted by Gasteiger charge is 2.25. The van der Waals surface area contributed by atoms with Crippen LogP contribution < -0.4 is 5.73 Å². The summed E-state index contributed by atoms with van der Waals surface area (Å²) < 4.78 is 16.5. The highest BCUT2D eigenvalue weighted by atomic mass is 16.7. The molecule has 1 aliphatic rings. The molecule has 5 nitrogen and oxygen atoms in total. The van der Waals surface area contributed by atoms with Gasteiger partial charge in [-0.05, 0) is 19.4 Å². The quantitative estimate of drug-likeness (QED) is 0.616. The van der Waals surface area contributed by atoms with Crippen LogP contribution in [0, 0.1) is 0 Å². The molecule has 0 atom stereocenters. The van der Waals surface area contributed by atoms with Gasteiger partial charge in [-0.3, -0.25) is 4.79 Å². The fourth-order valence-corrected chi connectivity index (χ4v) is 2.19. The zero-order chi connectivity index (χ0) is 16.9. The molecule has 23 heavy (non-hydrogen) atoms. The maximum Gasteiger partial charge on any atom is 0.306 e. The van der Waals surface area contributed by atoms with Crippen LogP contribution in [-0.4, -0.2) is 31.8 Å². The molecule has 0 unspecified atom stereocenters. The maximum atomic E-state index is 11.7. The first-order valence-corrected chi connectivity index (χ1v) is 8.47. The van der Waals surface area contributed by atoms with E-state index in [1.54, 1.807) is 0 Å². The molecule has 1 aliphatic heterocycles. The van der Waals surface area contributed by atoms with Crippen molar-refractivity contribution in [3.63, 3.8) is 0 Å². The first-order chi connectivity index (χ1) is 11.3. The van der Waals surface area contributed by atoms with Crippen LogP contribution in [-0.2, 0) is 19.0 Å². The van der Waals surface area contributed by atoms with Crippen LogP contribution in [0.15, 0.2) is 30.3 Å². The summed E-state index contributed by atoms with van der Waals surface area (Å²) in [5.74, 6) is -0.192. The highest BCUT2D eigenvalue weighted by Crippen LogP contribution is 2.23. The third kappa shape index (κ3) is 7.59. The Morgan fingerprint density at radius 2 is 1.78 bits per heavy atom. The average molecular weight is 323 g/mol. The van der Waals surface area contributed by atoms with Gasteiger partial charge >= 0.3 is 5.97 Å². The summed E-state index contributed by atoms with van der Waals surface area (Å²) in [6.07, 6.45) is 2.47. The fraction of sp³-hybridized carbons (Fsp3) is 0.611. The van der Waals surface area contributed by atoms with Crippen molar-refractivity contribution >= 4 is 5.97 Å².